The molecule has 0 heterocycles. The number of hydrogen-bond donors (Lipinski definition) is 5. The third-order valence-electron chi connectivity index (χ3n) is 3.47. The lowest BCUT2D eigenvalue weighted by molar-refractivity contribution is -0.129. The van der Waals surface area contributed by atoms with Crippen molar-refractivity contribution in [1.82, 2.24) is 16.1 Å². The van der Waals surface area contributed by atoms with E-state index < -0.39 is 0 Å². The van der Waals surface area contributed by atoms with Crippen LogP contribution in [0.1, 0.15) is 39.0 Å². The molecule has 0 spiro atoms. The first kappa shape index (κ1) is 20.9. The first-order valence-corrected chi connectivity index (χ1v) is 8.74. The van der Waals surface area contributed by atoms with Crippen molar-refractivity contribution in [1.29, 1.82) is 0 Å². The molecule has 1 aromatic rings. The predicted octanol–water partition coefficient (Wildman–Crippen LogP) is 1.93. The van der Waals surface area contributed by atoms with E-state index in [1.54, 1.807) is 5.48 Å². The van der Waals surface area contributed by atoms with Crippen molar-refractivity contribution in [3.63, 3.8) is 0 Å². The fourth-order valence-corrected chi connectivity index (χ4v) is 2.47. The first-order chi connectivity index (χ1) is 12.0. The number of hydrogen-bond acceptors (Lipinski definition) is 4. The molecule has 0 unspecified atom stereocenters. The predicted molar refractivity (Wildman–Crippen MR) is 101 cm³/mol. The highest BCUT2D eigenvalue weighted by Gasteiger charge is 2.06. The Balaban J connectivity index is 2.07. The van der Waals surface area contributed by atoms with E-state index in [2.05, 4.69) is 16.0 Å². The second-order valence-electron chi connectivity index (χ2n) is 5.75. The Labute approximate surface area is 153 Å². The Morgan fingerprint density at radius 1 is 1.12 bits per heavy atom. The molecule has 138 valence electrons. The summed E-state index contributed by atoms with van der Waals surface area (Å²) in [6.07, 6.45) is 2.78. The molecule has 0 aliphatic rings. The summed E-state index contributed by atoms with van der Waals surface area (Å²) in [5.74, 6) is -0.413. The van der Waals surface area contributed by atoms with E-state index in [1.165, 1.54) is 0 Å². The van der Waals surface area contributed by atoms with Crippen molar-refractivity contribution in [3.05, 3.63) is 30.3 Å². The number of thiocarbonyl (C=S) groups is 1. The molecule has 0 bridgehead atoms. The summed E-state index contributed by atoms with van der Waals surface area (Å²) in [7, 11) is 0. The number of anilines is 1. The first-order valence-electron chi connectivity index (χ1n) is 8.33. The minimum absolute atomic E-state index is 0.0256. The third-order valence-corrected chi connectivity index (χ3v) is 3.73. The number of hydroxylamine groups is 1. The number of amides is 2. The molecule has 0 radical (unpaired) electrons. The maximum Gasteiger partial charge on any atom is 0.243 e. The second-order valence-corrected chi connectivity index (χ2v) is 6.15. The van der Waals surface area contributed by atoms with Crippen LogP contribution in [0.5, 0.6) is 0 Å². The Kier molecular flexibility index (Phi) is 10.2. The summed E-state index contributed by atoms with van der Waals surface area (Å²) >= 11 is 5.20. The van der Waals surface area contributed by atoms with Gasteiger partial charge in [-0.3, -0.25) is 14.8 Å². The smallest absolute Gasteiger partial charge is 0.243 e. The van der Waals surface area contributed by atoms with Gasteiger partial charge < -0.3 is 16.0 Å². The van der Waals surface area contributed by atoms with E-state index in [0.29, 0.717) is 30.9 Å². The molecular weight excluding hydrogens is 340 g/mol. The number of rotatable bonds is 10. The van der Waals surface area contributed by atoms with Gasteiger partial charge in [0.2, 0.25) is 11.8 Å². The van der Waals surface area contributed by atoms with Crippen LogP contribution in [0.15, 0.2) is 30.3 Å². The Bertz CT molecular complexity index is 554. The number of carbonyl (C=O) groups excluding carboxylic acids is 2. The molecule has 0 aliphatic carbocycles. The van der Waals surface area contributed by atoms with Crippen LogP contribution in [0.4, 0.5) is 5.69 Å². The van der Waals surface area contributed by atoms with Gasteiger partial charge in [-0.15, -0.1) is 0 Å². The second kappa shape index (κ2) is 12.2. The van der Waals surface area contributed by atoms with Crippen molar-refractivity contribution in [2.75, 3.05) is 11.9 Å². The minimum atomic E-state index is -0.387. The topological polar surface area (TPSA) is 102 Å². The summed E-state index contributed by atoms with van der Waals surface area (Å²) in [4.78, 5) is 22.7. The van der Waals surface area contributed by atoms with Gasteiger partial charge in [-0.05, 0) is 50.5 Å². The lowest BCUT2D eigenvalue weighted by Crippen LogP contribution is -2.41. The molecule has 2 amide bonds. The summed E-state index contributed by atoms with van der Waals surface area (Å²) in [6.45, 7) is 2.58. The quantitative estimate of drug-likeness (QED) is 0.188. The van der Waals surface area contributed by atoms with Crippen LogP contribution >= 0.6 is 12.2 Å². The summed E-state index contributed by atoms with van der Waals surface area (Å²) in [6, 6.07) is 9.46. The van der Waals surface area contributed by atoms with Gasteiger partial charge in [0.25, 0.3) is 0 Å². The zero-order chi connectivity index (χ0) is 18.5. The number of carbonyl (C=O) groups is 2. The lowest BCUT2D eigenvalue weighted by atomic mass is 10.1. The summed E-state index contributed by atoms with van der Waals surface area (Å²) in [5, 5.41) is 18.0. The van der Waals surface area contributed by atoms with Crippen molar-refractivity contribution in [2.45, 2.75) is 45.1 Å². The minimum Gasteiger partial charge on any atom is -0.363 e. The largest absolute Gasteiger partial charge is 0.363 e. The third kappa shape index (κ3) is 10.3. The van der Waals surface area contributed by atoms with Gasteiger partial charge in [-0.2, -0.15) is 0 Å². The SMILES string of the molecule is C[C@@H](CCCC(=O)NO)NC(=S)NCCCC(=O)Nc1ccccc1. The van der Waals surface area contributed by atoms with Gasteiger partial charge in [-0.1, -0.05) is 18.2 Å². The highest BCUT2D eigenvalue weighted by molar-refractivity contribution is 7.80. The van der Waals surface area contributed by atoms with Crippen LogP contribution in [0, 0.1) is 0 Å². The van der Waals surface area contributed by atoms with Crippen LogP contribution in [0.2, 0.25) is 0 Å². The molecular formula is C17H26N4O3S. The fraction of sp³-hybridized carbons (Fsp3) is 0.471. The molecule has 0 fully saturated rings. The van der Waals surface area contributed by atoms with E-state index >= 15 is 0 Å². The van der Waals surface area contributed by atoms with E-state index in [0.717, 1.165) is 12.1 Å². The van der Waals surface area contributed by atoms with Crippen LogP contribution in [0.25, 0.3) is 0 Å². The molecule has 0 saturated heterocycles. The molecule has 7 nitrogen and oxygen atoms in total. The Hall–Kier alpha value is -2.19. The normalized spacial score (nSPS) is 11.3. The van der Waals surface area contributed by atoms with Crippen molar-refractivity contribution in [2.24, 2.45) is 0 Å². The summed E-state index contributed by atoms with van der Waals surface area (Å²) < 4.78 is 0. The molecule has 8 heteroatoms. The molecule has 0 aromatic heterocycles. The fourth-order valence-electron chi connectivity index (χ4n) is 2.17. The standard InChI is InChI=1S/C17H26N4O3S/c1-13(7-5-10-16(23)21-24)19-17(25)18-12-6-11-15(22)20-14-8-3-2-4-9-14/h2-4,8-9,13,24H,5-7,10-12H2,1H3,(H,20,22)(H,21,23)(H2,18,19,25)/t13-/m0/s1. The Morgan fingerprint density at radius 3 is 2.48 bits per heavy atom. The highest BCUT2D eigenvalue weighted by atomic mass is 32.1. The highest BCUT2D eigenvalue weighted by Crippen LogP contribution is 2.05. The van der Waals surface area contributed by atoms with Crippen LogP contribution in [-0.4, -0.2) is 34.7 Å². The van der Waals surface area contributed by atoms with Crippen LogP contribution < -0.4 is 21.4 Å². The van der Waals surface area contributed by atoms with Gasteiger partial charge in [0, 0.05) is 31.1 Å². The van der Waals surface area contributed by atoms with Crippen molar-refractivity contribution in [3.8, 4) is 0 Å². The number of benzene rings is 1. The zero-order valence-corrected chi connectivity index (χ0v) is 15.2. The number of nitrogens with one attached hydrogen (secondary N) is 4. The number of para-hydroxylation sites is 1. The van der Waals surface area contributed by atoms with Crippen molar-refractivity contribution < 1.29 is 14.8 Å². The Morgan fingerprint density at radius 2 is 1.80 bits per heavy atom. The monoisotopic (exact) mass is 366 g/mol. The van der Waals surface area contributed by atoms with Gasteiger partial charge in [-0.25, -0.2) is 5.48 Å². The summed E-state index contributed by atoms with van der Waals surface area (Å²) in [5.41, 5.74) is 2.40. The molecule has 1 rings (SSSR count). The molecule has 25 heavy (non-hydrogen) atoms. The average molecular weight is 366 g/mol. The lowest BCUT2D eigenvalue weighted by Gasteiger charge is -2.16. The molecule has 0 aliphatic heterocycles. The average Bonchev–Trinajstić information content (AvgIpc) is 2.59. The maximum absolute atomic E-state index is 11.8. The van der Waals surface area contributed by atoms with Gasteiger partial charge in [0.05, 0.1) is 0 Å². The molecule has 1 atom stereocenters. The van der Waals surface area contributed by atoms with E-state index in [-0.39, 0.29) is 24.3 Å². The zero-order valence-electron chi connectivity index (χ0n) is 14.4. The molecule has 0 saturated carbocycles. The maximum atomic E-state index is 11.8. The van der Waals surface area contributed by atoms with E-state index in [9.17, 15) is 9.59 Å². The van der Waals surface area contributed by atoms with Gasteiger partial charge >= 0.3 is 0 Å². The molecule has 1 aromatic carbocycles. The van der Waals surface area contributed by atoms with E-state index in [1.807, 2.05) is 37.3 Å². The van der Waals surface area contributed by atoms with Crippen LogP contribution in [0.3, 0.4) is 0 Å². The van der Waals surface area contributed by atoms with Crippen LogP contribution in [-0.2, 0) is 9.59 Å². The molecule has 5 N–H and O–H groups in total. The van der Waals surface area contributed by atoms with Gasteiger partial charge in [0.15, 0.2) is 5.11 Å². The van der Waals surface area contributed by atoms with Crippen molar-refractivity contribution >= 4 is 34.8 Å². The van der Waals surface area contributed by atoms with E-state index in [4.69, 9.17) is 17.4 Å². The van der Waals surface area contributed by atoms with Gasteiger partial charge in [0.1, 0.15) is 0 Å².